The van der Waals surface area contributed by atoms with Crippen LogP contribution in [0.15, 0.2) is 30.3 Å². The van der Waals surface area contributed by atoms with Crippen molar-refractivity contribution >= 4 is 10.9 Å². The first-order valence-electron chi connectivity index (χ1n) is 7.51. The van der Waals surface area contributed by atoms with Gasteiger partial charge in [0.05, 0.1) is 11.6 Å². The summed E-state index contributed by atoms with van der Waals surface area (Å²) in [6.07, 6.45) is 3.37. The third-order valence-corrected chi connectivity index (χ3v) is 4.13. The number of aromatic nitrogens is 1. The summed E-state index contributed by atoms with van der Waals surface area (Å²) < 4.78 is 0. The van der Waals surface area contributed by atoms with Crippen LogP contribution in [0.1, 0.15) is 36.6 Å². The van der Waals surface area contributed by atoms with Gasteiger partial charge in [0.2, 0.25) is 0 Å². The molecule has 0 amide bonds. The lowest BCUT2D eigenvalue weighted by atomic mass is 10.0. The van der Waals surface area contributed by atoms with Crippen molar-refractivity contribution in [1.29, 1.82) is 0 Å². The molecule has 2 aromatic rings. The maximum absolute atomic E-state index is 10.6. The predicted octanol–water partition coefficient (Wildman–Crippen LogP) is 3.06. The number of fused-ring (bicyclic) bond motifs is 1. The van der Waals surface area contributed by atoms with Crippen LogP contribution >= 0.6 is 0 Å². The van der Waals surface area contributed by atoms with Crippen LogP contribution in [0.5, 0.6) is 0 Å². The number of nitrogens with zero attached hydrogens (tertiary/aromatic N) is 2. The SMILES string of the molecule is Cc1ccc2cccc(C(O)CN3CCCCC3)c2n1. The van der Waals surface area contributed by atoms with Gasteiger partial charge in [0.15, 0.2) is 0 Å². The molecule has 20 heavy (non-hydrogen) atoms. The lowest BCUT2D eigenvalue weighted by Crippen LogP contribution is -2.33. The highest BCUT2D eigenvalue weighted by Crippen LogP contribution is 2.24. The minimum Gasteiger partial charge on any atom is -0.387 e. The molecule has 0 spiro atoms. The van der Waals surface area contributed by atoms with Gasteiger partial charge in [0.25, 0.3) is 0 Å². The summed E-state index contributed by atoms with van der Waals surface area (Å²) in [5.41, 5.74) is 2.89. The first-order chi connectivity index (χ1) is 9.74. The zero-order chi connectivity index (χ0) is 13.9. The van der Waals surface area contributed by atoms with E-state index in [1.54, 1.807) is 0 Å². The number of pyridine rings is 1. The van der Waals surface area contributed by atoms with E-state index in [1.165, 1.54) is 19.3 Å². The van der Waals surface area contributed by atoms with Crippen molar-refractivity contribution in [1.82, 2.24) is 9.88 Å². The molecule has 1 aliphatic heterocycles. The number of β-amino-alcohol motifs (C(OH)–C–C–N with tert-alkyl or cyclic N) is 1. The Morgan fingerprint density at radius 2 is 1.95 bits per heavy atom. The minimum atomic E-state index is -0.453. The van der Waals surface area contributed by atoms with Crippen molar-refractivity contribution in [2.24, 2.45) is 0 Å². The van der Waals surface area contributed by atoms with E-state index < -0.39 is 6.10 Å². The summed E-state index contributed by atoms with van der Waals surface area (Å²) in [7, 11) is 0. The van der Waals surface area contributed by atoms with Gasteiger partial charge < -0.3 is 10.0 Å². The molecule has 3 heteroatoms. The van der Waals surface area contributed by atoms with Crippen LogP contribution < -0.4 is 0 Å². The average molecular weight is 270 g/mol. The molecule has 106 valence electrons. The molecule has 0 bridgehead atoms. The fourth-order valence-corrected chi connectivity index (χ4v) is 3.02. The highest BCUT2D eigenvalue weighted by molar-refractivity contribution is 5.82. The molecule has 0 radical (unpaired) electrons. The maximum Gasteiger partial charge on any atom is 0.0937 e. The fourth-order valence-electron chi connectivity index (χ4n) is 3.02. The largest absolute Gasteiger partial charge is 0.387 e. The summed E-state index contributed by atoms with van der Waals surface area (Å²) in [4.78, 5) is 6.98. The second-order valence-electron chi connectivity index (χ2n) is 5.75. The van der Waals surface area contributed by atoms with Crippen LogP contribution in [0, 0.1) is 6.92 Å². The molecule has 1 fully saturated rings. The average Bonchev–Trinajstić information content (AvgIpc) is 2.47. The fraction of sp³-hybridized carbons (Fsp3) is 0.471. The number of piperidine rings is 1. The molecule has 0 aliphatic carbocycles. The molecule has 1 aromatic carbocycles. The molecular formula is C17H22N2O. The van der Waals surface area contributed by atoms with E-state index in [0.717, 1.165) is 35.2 Å². The molecule has 1 saturated heterocycles. The number of hydrogen-bond acceptors (Lipinski definition) is 3. The predicted molar refractivity (Wildman–Crippen MR) is 81.7 cm³/mol. The third kappa shape index (κ3) is 2.84. The number of rotatable bonds is 3. The Morgan fingerprint density at radius 1 is 1.15 bits per heavy atom. The molecule has 1 aromatic heterocycles. The van der Waals surface area contributed by atoms with Crippen LogP contribution in [0.25, 0.3) is 10.9 Å². The number of hydrogen-bond donors (Lipinski definition) is 1. The Balaban J connectivity index is 1.86. The molecule has 1 unspecified atom stereocenters. The Morgan fingerprint density at radius 3 is 2.75 bits per heavy atom. The number of aliphatic hydroxyl groups excluding tert-OH is 1. The number of aliphatic hydroxyl groups is 1. The molecule has 1 atom stereocenters. The van der Waals surface area contributed by atoms with E-state index in [0.29, 0.717) is 6.54 Å². The van der Waals surface area contributed by atoms with E-state index in [9.17, 15) is 5.11 Å². The van der Waals surface area contributed by atoms with Crippen molar-refractivity contribution in [3.63, 3.8) is 0 Å². The Bertz CT molecular complexity index is 591. The first-order valence-corrected chi connectivity index (χ1v) is 7.51. The summed E-state index contributed by atoms with van der Waals surface area (Å²) in [5.74, 6) is 0. The van der Waals surface area contributed by atoms with E-state index in [4.69, 9.17) is 0 Å². The van der Waals surface area contributed by atoms with Gasteiger partial charge in [-0.1, -0.05) is 30.7 Å². The second kappa shape index (κ2) is 5.90. The minimum absolute atomic E-state index is 0.453. The quantitative estimate of drug-likeness (QED) is 0.931. The van der Waals surface area contributed by atoms with Crippen LogP contribution in [-0.2, 0) is 0 Å². The highest BCUT2D eigenvalue weighted by Gasteiger charge is 2.18. The summed E-state index contributed by atoms with van der Waals surface area (Å²) in [6.45, 7) is 4.92. The molecule has 3 nitrogen and oxygen atoms in total. The zero-order valence-corrected chi connectivity index (χ0v) is 12.0. The second-order valence-corrected chi connectivity index (χ2v) is 5.75. The van der Waals surface area contributed by atoms with Gasteiger partial charge in [-0.25, -0.2) is 0 Å². The molecule has 1 aliphatic rings. The van der Waals surface area contributed by atoms with Gasteiger partial charge in [0.1, 0.15) is 0 Å². The standard InChI is InChI=1S/C17H22N2O/c1-13-8-9-14-6-5-7-15(17(14)18-13)16(20)12-19-10-3-2-4-11-19/h5-9,16,20H,2-4,10-12H2,1H3. The molecule has 3 rings (SSSR count). The molecule has 2 heterocycles. The van der Waals surface area contributed by atoms with Gasteiger partial charge in [-0.05, 0) is 38.9 Å². The van der Waals surface area contributed by atoms with Crippen molar-refractivity contribution in [2.75, 3.05) is 19.6 Å². The van der Waals surface area contributed by atoms with Crippen LogP contribution in [0.2, 0.25) is 0 Å². The van der Waals surface area contributed by atoms with Crippen molar-refractivity contribution in [3.05, 3.63) is 41.6 Å². The van der Waals surface area contributed by atoms with E-state index >= 15 is 0 Å². The van der Waals surface area contributed by atoms with Gasteiger partial charge in [0, 0.05) is 23.2 Å². The van der Waals surface area contributed by atoms with Crippen molar-refractivity contribution < 1.29 is 5.11 Å². The molecule has 1 N–H and O–H groups in total. The smallest absolute Gasteiger partial charge is 0.0937 e. The van der Waals surface area contributed by atoms with Gasteiger partial charge >= 0.3 is 0 Å². The zero-order valence-electron chi connectivity index (χ0n) is 12.0. The van der Waals surface area contributed by atoms with Crippen molar-refractivity contribution in [3.8, 4) is 0 Å². The molecule has 0 saturated carbocycles. The van der Waals surface area contributed by atoms with Crippen LogP contribution in [-0.4, -0.2) is 34.6 Å². The number of likely N-dealkylation sites (tertiary alicyclic amines) is 1. The van der Waals surface area contributed by atoms with Crippen molar-refractivity contribution in [2.45, 2.75) is 32.3 Å². The summed E-state index contributed by atoms with van der Waals surface area (Å²) in [6, 6.07) is 10.2. The van der Waals surface area contributed by atoms with Crippen LogP contribution in [0.3, 0.4) is 0 Å². The summed E-state index contributed by atoms with van der Waals surface area (Å²) in [5, 5.41) is 11.7. The number of para-hydroxylation sites is 1. The van der Waals surface area contributed by atoms with E-state index in [1.807, 2.05) is 25.1 Å². The number of aryl methyl sites for hydroxylation is 1. The van der Waals surface area contributed by atoms with Gasteiger partial charge in [-0.15, -0.1) is 0 Å². The van der Waals surface area contributed by atoms with Crippen LogP contribution in [0.4, 0.5) is 0 Å². The highest BCUT2D eigenvalue weighted by atomic mass is 16.3. The molecular weight excluding hydrogens is 248 g/mol. The third-order valence-electron chi connectivity index (χ3n) is 4.13. The Kier molecular flexibility index (Phi) is 3.99. The topological polar surface area (TPSA) is 36.4 Å². The normalized spacial score (nSPS) is 18.3. The first kappa shape index (κ1) is 13.5. The van der Waals surface area contributed by atoms with Gasteiger partial charge in [-0.2, -0.15) is 0 Å². The summed E-state index contributed by atoms with van der Waals surface area (Å²) >= 11 is 0. The van der Waals surface area contributed by atoms with E-state index in [2.05, 4.69) is 22.0 Å². The Hall–Kier alpha value is -1.45. The lowest BCUT2D eigenvalue weighted by Gasteiger charge is -2.28. The van der Waals surface area contributed by atoms with Gasteiger partial charge in [-0.3, -0.25) is 4.98 Å². The maximum atomic E-state index is 10.6. The Labute approximate surface area is 120 Å². The number of benzene rings is 1. The monoisotopic (exact) mass is 270 g/mol. The van der Waals surface area contributed by atoms with E-state index in [-0.39, 0.29) is 0 Å². The lowest BCUT2D eigenvalue weighted by molar-refractivity contribution is 0.102.